The highest BCUT2D eigenvalue weighted by molar-refractivity contribution is 5.22. The van der Waals surface area contributed by atoms with Crippen molar-refractivity contribution in [2.75, 3.05) is 0 Å². The predicted octanol–water partition coefficient (Wildman–Crippen LogP) is 4.95. The third-order valence-corrected chi connectivity index (χ3v) is 4.36. The standard InChI is InChI=1S/C14H26/c1-11(2)12(3)14(13(4,5)6)9-7-8-10-14/h7-10H2,1-6H3. The Morgan fingerprint density at radius 3 is 1.64 bits per heavy atom. The molecule has 14 heavy (non-hydrogen) atoms. The molecule has 0 aromatic rings. The molecule has 0 nitrogen and oxygen atoms in total. The Bertz CT molecular complexity index is 227. The minimum absolute atomic E-state index is 0.421. The smallest absolute Gasteiger partial charge is 0.00399 e. The van der Waals surface area contributed by atoms with Crippen LogP contribution in [0.25, 0.3) is 0 Å². The van der Waals surface area contributed by atoms with Crippen LogP contribution in [0.5, 0.6) is 0 Å². The van der Waals surface area contributed by atoms with Crippen molar-refractivity contribution < 1.29 is 0 Å². The van der Waals surface area contributed by atoms with E-state index in [1.165, 1.54) is 31.3 Å². The largest absolute Gasteiger partial charge is 0.0769 e. The third-order valence-electron chi connectivity index (χ3n) is 4.36. The van der Waals surface area contributed by atoms with Gasteiger partial charge in [-0.15, -0.1) is 0 Å². The van der Waals surface area contributed by atoms with Crippen LogP contribution in [-0.2, 0) is 0 Å². The molecule has 0 radical (unpaired) electrons. The van der Waals surface area contributed by atoms with Crippen molar-refractivity contribution in [1.82, 2.24) is 0 Å². The van der Waals surface area contributed by atoms with E-state index >= 15 is 0 Å². The van der Waals surface area contributed by atoms with Crippen LogP contribution in [0.3, 0.4) is 0 Å². The van der Waals surface area contributed by atoms with Crippen molar-refractivity contribution >= 4 is 0 Å². The average Bonchev–Trinajstić information content (AvgIpc) is 2.50. The molecular formula is C14H26. The van der Waals surface area contributed by atoms with E-state index in [0.29, 0.717) is 10.8 Å². The molecule has 1 rings (SSSR count). The van der Waals surface area contributed by atoms with Gasteiger partial charge in [0.15, 0.2) is 0 Å². The Kier molecular flexibility index (Phi) is 3.13. The summed E-state index contributed by atoms with van der Waals surface area (Å²) in [4.78, 5) is 0. The third kappa shape index (κ3) is 1.76. The Morgan fingerprint density at radius 2 is 1.36 bits per heavy atom. The number of hydrogen-bond acceptors (Lipinski definition) is 0. The fourth-order valence-corrected chi connectivity index (χ4v) is 3.14. The maximum atomic E-state index is 2.41. The van der Waals surface area contributed by atoms with Gasteiger partial charge < -0.3 is 0 Å². The summed E-state index contributed by atoms with van der Waals surface area (Å²) in [5.74, 6) is 0. The van der Waals surface area contributed by atoms with Gasteiger partial charge in [-0.05, 0) is 44.4 Å². The minimum atomic E-state index is 0.421. The molecule has 0 N–H and O–H groups in total. The monoisotopic (exact) mass is 194 g/mol. The van der Waals surface area contributed by atoms with E-state index in [4.69, 9.17) is 0 Å². The lowest BCUT2D eigenvalue weighted by molar-refractivity contribution is 0.136. The molecule has 0 saturated heterocycles. The lowest BCUT2D eigenvalue weighted by Gasteiger charge is -2.44. The molecule has 0 aromatic carbocycles. The molecule has 1 aliphatic rings. The number of rotatable bonds is 1. The summed E-state index contributed by atoms with van der Waals surface area (Å²) in [6.07, 6.45) is 5.63. The van der Waals surface area contributed by atoms with E-state index < -0.39 is 0 Å². The molecule has 0 heterocycles. The summed E-state index contributed by atoms with van der Waals surface area (Å²) in [6, 6.07) is 0. The number of allylic oxidation sites excluding steroid dienone is 2. The van der Waals surface area contributed by atoms with Crippen LogP contribution in [0.2, 0.25) is 0 Å². The van der Waals surface area contributed by atoms with Gasteiger partial charge in [0.25, 0.3) is 0 Å². The zero-order chi connectivity index (χ0) is 11.0. The molecule has 82 valence electrons. The molecule has 1 aliphatic carbocycles. The molecule has 0 aliphatic heterocycles. The first kappa shape index (κ1) is 11.8. The van der Waals surface area contributed by atoms with Gasteiger partial charge in [0.1, 0.15) is 0 Å². The quantitative estimate of drug-likeness (QED) is 0.518. The lowest BCUT2D eigenvalue weighted by Crippen LogP contribution is -2.34. The second-order valence-corrected chi connectivity index (χ2v) is 6.16. The minimum Gasteiger partial charge on any atom is -0.0769 e. The molecule has 0 aromatic heterocycles. The highest BCUT2D eigenvalue weighted by Crippen LogP contribution is 2.56. The maximum Gasteiger partial charge on any atom is -0.00399 e. The Balaban J connectivity index is 3.13. The SMILES string of the molecule is CC(C)=C(C)C1(C(C)(C)C)CCCC1. The van der Waals surface area contributed by atoms with Crippen LogP contribution < -0.4 is 0 Å². The van der Waals surface area contributed by atoms with Crippen molar-refractivity contribution in [2.45, 2.75) is 67.2 Å². The summed E-state index contributed by atoms with van der Waals surface area (Å²) in [5, 5.41) is 0. The van der Waals surface area contributed by atoms with Crippen LogP contribution in [0.1, 0.15) is 67.2 Å². The first-order chi connectivity index (χ1) is 6.31. The summed E-state index contributed by atoms with van der Waals surface area (Å²) in [6.45, 7) is 14.1. The Morgan fingerprint density at radius 1 is 0.929 bits per heavy atom. The Labute approximate surface area is 89.8 Å². The molecule has 1 saturated carbocycles. The highest BCUT2D eigenvalue weighted by Gasteiger charge is 2.45. The highest BCUT2D eigenvalue weighted by atomic mass is 14.5. The van der Waals surface area contributed by atoms with Crippen molar-refractivity contribution in [1.29, 1.82) is 0 Å². The molecular weight excluding hydrogens is 168 g/mol. The fourth-order valence-electron chi connectivity index (χ4n) is 3.14. The van der Waals surface area contributed by atoms with Crippen LogP contribution >= 0.6 is 0 Å². The average molecular weight is 194 g/mol. The number of hydrogen-bond donors (Lipinski definition) is 0. The molecule has 1 fully saturated rings. The summed E-state index contributed by atoms with van der Waals surface area (Å²) < 4.78 is 0. The van der Waals surface area contributed by atoms with Gasteiger partial charge in [-0.3, -0.25) is 0 Å². The van der Waals surface area contributed by atoms with Gasteiger partial charge in [0.2, 0.25) is 0 Å². The summed E-state index contributed by atoms with van der Waals surface area (Å²) in [7, 11) is 0. The molecule has 0 bridgehead atoms. The van der Waals surface area contributed by atoms with Gasteiger partial charge in [-0.2, -0.15) is 0 Å². The topological polar surface area (TPSA) is 0 Å². The second-order valence-electron chi connectivity index (χ2n) is 6.16. The van der Waals surface area contributed by atoms with Crippen molar-refractivity contribution in [2.24, 2.45) is 10.8 Å². The Hall–Kier alpha value is -0.260. The van der Waals surface area contributed by atoms with Gasteiger partial charge in [-0.25, -0.2) is 0 Å². The van der Waals surface area contributed by atoms with Crippen molar-refractivity contribution in [3.05, 3.63) is 11.1 Å². The van der Waals surface area contributed by atoms with E-state index in [-0.39, 0.29) is 0 Å². The first-order valence-electron chi connectivity index (χ1n) is 5.96. The zero-order valence-electron chi connectivity index (χ0n) is 10.8. The maximum absolute atomic E-state index is 2.41. The molecule has 0 atom stereocenters. The van der Waals surface area contributed by atoms with Gasteiger partial charge in [-0.1, -0.05) is 44.8 Å². The van der Waals surface area contributed by atoms with Crippen LogP contribution in [0, 0.1) is 10.8 Å². The zero-order valence-corrected chi connectivity index (χ0v) is 10.8. The van der Waals surface area contributed by atoms with E-state index in [0.717, 1.165) is 0 Å². The van der Waals surface area contributed by atoms with E-state index in [1.807, 2.05) is 0 Å². The molecule has 0 amide bonds. The van der Waals surface area contributed by atoms with Crippen LogP contribution in [0.15, 0.2) is 11.1 Å². The van der Waals surface area contributed by atoms with Gasteiger partial charge in [0, 0.05) is 0 Å². The van der Waals surface area contributed by atoms with Gasteiger partial charge >= 0.3 is 0 Å². The molecule has 0 spiro atoms. The van der Waals surface area contributed by atoms with Crippen molar-refractivity contribution in [3.8, 4) is 0 Å². The fraction of sp³-hybridized carbons (Fsp3) is 0.857. The summed E-state index contributed by atoms with van der Waals surface area (Å²) >= 11 is 0. The summed E-state index contributed by atoms with van der Waals surface area (Å²) in [5.41, 5.74) is 4.10. The van der Waals surface area contributed by atoms with Gasteiger partial charge in [0.05, 0.1) is 0 Å². The van der Waals surface area contributed by atoms with Crippen LogP contribution in [0.4, 0.5) is 0 Å². The van der Waals surface area contributed by atoms with Crippen LogP contribution in [-0.4, -0.2) is 0 Å². The normalized spacial score (nSPS) is 21.0. The first-order valence-corrected chi connectivity index (χ1v) is 5.96. The van der Waals surface area contributed by atoms with E-state index in [1.54, 1.807) is 5.57 Å². The lowest BCUT2D eigenvalue weighted by atomic mass is 9.61. The van der Waals surface area contributed by atoms with Crippen molar-refractivity contribution in [3.63, 3.8) is 0 Å². The second kappa shape index (κ2) is 3.72. The predicted molar refractivity (Wildman–Crippen MR) is 64.4 cm³/mol. The van der Waals surface area contributed by atoms with E-state index in [2.05, 4.69) is 41.5 Å². The molecule has 0 heteroatoms. The van der Waals surface area contributed by atoms with E-state index in [9.17, 15) is 0 Å². The molecule has 0 unspecified atom stereocenters.